The van der Waals surface area contributed by atoms with Crippen LogP contribution in [0.5, 0.6) is 5.75 Å². The van der Waals surface area contributed by atoms with E-state index in [-0.39, 0.29) is 0 Å². The van der Waals surface area contributed by atoms with E-state index in [1.165, 1.54) is 31.2 Å². The van der Waals surface area contributed by atoms with Crippen LogP contribution >= 0.6 is 0 Å². The summed E-state index contributed by atoms with van der Waals surface area (Å²) < 4.78 is 10.5. The van der Waals surface area contributed by atoms with Crippen LogP contribution in [0, 0.1) is 0 Å². The summed E-state index contributed by atoms with van der Waals surface area (Å²) >= 11 is 0. The Bertz CT molecular complexity index is 358. The Labute approximate surface area is 111 Å². The van der Waals surface area contributed by atoms with Gasteiger partial charge in [-0.1, -0.05) is 44.9 Å². The minimum absolute atomic E-state index is 0.301. The van der Waals surface area contributed by atoms with E-state index in [1.807, 2.05) is 18.2 Å². The number of methoxy groups -OCH3 is 1. The molecule has 0 aromatic heterocycles. The molecule has 1 rings (SSSR count). The van der Waals surface area contributed by atoms with Crippen molar-refractivity contribution in [2.24, 2.45) is 0 Å². The summed E-state index contributed by atoms with van der Waals surface area (Å²) in [5.74, 6) is 0.930. The predicted octanol–water partition coefficient (Wildman–Crippen LogP) is 4.44. The number of rotatable bonds is 9. The highest BCUT2D eigenvalue weighted by Crippen LogP contribution is 2.23. The molecular weight excluding hydrogens is 224 g/mol. The molecule has 0 amide bonds. The van der Waals surface area contributed by atoms with Gasteiger partial charge in [0.05, 0.1) is 0 Å². The molecule has 18 heavy (non-hydrogen) atoms. The van der Waals surface area contributed by atoms with Crippen LogP contribution in [0.3, 0.4) is 0 Å². The molecule has 1 aromatic carbocycles. The maximum absolute atomic E-state index is 5.59. The van der Waals surface area contributed by atoms with E-state index in [9.17, 15) is 0 Å². The molecule has 0 N–H and O–H groups in total. The molecule has 0 saturated carbocycles. The molecule has 100 valence electrons. The van der Waals surface area contributed by atoms with E-state index in [1.54, 1.807) is 7.11 Å². The van der Waals surface area contributed by atoms with Gasteiger partial charge in [-0.25, -0.2) is 0 Å². The second-order valence-electron chi connectivity index (χ2n) is 4.43. The molecule has 0 radical (unpaired) electrons. The van der Waals surface area contributed by atoms with Gasteiger partial charge in [0.1, 0.15) is 5.75 Å². The van der Waals surface area contributed by atoms with Gasteiger partial charge in [-0.2, -0.15) is 0 Å². The van der Waals surface area contributed by atoms with E-state index >= 15 is 0 Å². The van der Waals surface area contributed by atoms with Crippen LogP contribution in [-0.4, -0.2) is 13.9 Å². The van der Waals surface area contributed by atoms with E-state index in [0.717, 1.165) is 17.7 Å². The third kappa shape index (κ3) is 4.92. The number of hydrogen-bond acceptors (Lipinski definition) is 2. The van der Waals surface area contributed by atoms with Crippen LogP contribution in [0.2, 0.25) is 0 Å². The highest BCUT2D eigenvalue weighted by Gasteiger charge is 2.04. The number of benzene rings is 1. The molecule has 0 saturated heterocycles. The summed E-state index contributed by atoms with van der Waals surface area (Å²) in [6, 6.07) is 6.18. The Morgan fingerprint density at radius 1 is 1.22 bits per heavy atom. The molecular formula is C16H24O2. The Balaban J connectivity index is 2.66. The van der Waals surface area contributed by atoms with Crippen molar-refractivity contribution in [3.05, 3.63) is 35.9 Å². The molecule has 1 aromatic rings. The maximum Gasteiger partial charge on any atom is 0.188 e. The van der Waals surface area contributed by atoms with Crippen LogP contribution in [0.15, 0.2) is 24.8 Å². The Hall–Kier alpha value is -1.28. The standard InChI is InChI=1S/C16H24O2/c1-4-6-7-8-9-15-12-14(5-2)10-11-16(15)18-13-17-3/h5,10-12H,2,4,6-9,13H2,1,3H3. The number of hydrogen-bond donors (Lipinski definition) is 0. The van der Waals surface area contributed by atoms with Crippen LogP contribution in [0.4, 0.5) is 0 Å². The summed E-state index contributed by atoms with van der Waals surface area (Å²) in [5.41, 5.74) is 2.39. The SMILES string of the molecule is C=Cc1ccc(OCOC)c(CCCCCC)c1. The molecule has 0 unspecified atom stereocenters. The predicted molar refractivity (Wildman–Crippen MR) is 76.9 cm³/mol. The van der Waals surface area contributed by atoms with E-state index in [4.69, 9.17) is 9.47 Å². The van der Waals surface area contributed by atoms with Crippen molar-refractivity contribution in [1.82, 2.24) is 0 Å². The summed E-state index contributed by atoms with van der Waals surface area (Å²) in [6.07, 6.45) is 7.97. The van der Waals surface area contributed by atoms with Gasteiger partial charge in [0, 0.05) is 7.11 Å². The van der Waals surface area contributed by atoms with Gasteiger partial charge in [0.25, 0.3) is 0 Å². The zero-order chi connectivity index (χ0) is 13.2. The van der Waals surface area contributed by atoms with Crippen molar-refractivity contribution in [2.45, 2.75) is 39.0 Å². The first kappa shape index (κ1) is 14.8. The van der Waals surface area contributed by atoms with E-state index < -0.39 is 0 Å². The molecule has 2 nitrogen and oxygen atoms in total. The first-order chi connectivity index (χ1) is 8.81. The second-order valence-corrected chi connectivity index (χ2v) is 4.43. The summed E-state index contributed by atoms with van der Waals surface area (Å²) in [7, 11) is 1.64. The maximum atomic E-state index is 5.59. The molecule has 0 spiro atoms. The minimum Gasteiger partial charge on any atom is -0.467 e. The summed E-state index contributed by atoms with van der Waals surface area (Å²) in [5, 5.41) is 0. The van der Waals surface area contributed by atoms with Crippen molar-refractivity contribution in [1.29, 1.82) is 0 Å². The lowest BCUT2D eigenvalue weighted by atomic mass is 10.0. The monoisotopic (exact) mass is 248 g/mol. The Morgan fingerprint density at radius 3 is 2.72 bits per heavy atom. The van der Waals surface area contributed by atoms with Crippen molar-refractivity contribution in [3.8, 4) is 5.75 Å². The fraction of sp³-hybridized carbons (Fsp3) is 0.500. The van der Waals surface area contributed by atoms with Crippen molar-refractivity contribution in [2.75, 3.05) is 13.9 Å². The minimum atomic E-state index is 0.301. The van der Waals surface area contributed by atoms with E-state index in [0.29, 0.717) is 6.79 Å². The van der Waals surface area contributed by atoms with Gasteiger partial charge in [0.2, 0.25) is 0 Å². The molecule has 0 aliphatic rings. The average molecular weight is 248 g/mol. The van der Waals surface area contributed by atoms with Gasteiger partial charge >= 0.3 is 0 Å². The third-order valence-electron chi connectivity index (χ3n) is 2.95. The normalized spacial score (nSPS) is 10.3. The molecule has 2 heteroatoms. The van der Waals surface area contributed by atoms with Crippen LogP contribution in [-0.2, 0) is 11.2 Å². The number of aryl methyl sites for hydroxylation is 1. The van der Waals surface area contributed by atoms with Crippen molar-refractivity contribution >= 4 is 6.08 Å². The second kappa shape index (κ2) is 8.76. The van der Waals surface area contributed by atoms with Gasteiger partial charge in [-0.3, -0.25) is 0 Å². The smallest absolute Gasteiger partial charge is 0.188 e. The van der Waals surface area contributed by atoms with Crippen molar-refractivity contribution in [3.63, 3.8) is 0 Å². The first-order valence-electron chi connectivity index (χ1n) is 6.69. The zero-order valence-corrected chi connectivity index (χ0v) is 11.6. The summed E-state index contributed by atoms with van der Waals surface area (Å²) in [6.45, 7) is 6.34. The first-order valence-corrected chi connectivity index (χ1v) is 6.69. The van der Waals surface area contributed by atoms with Gasteiger partial charge in [-0.05, 0) is 36.1 Å². The van der Waals surface area contributed by atoms with Crippen LogP contribution < -0.4 is 4.74 Å². The average Bonchev–Trinajstić information content (AvgIpc) is 2.42. The molecule has 0 aliphatic carbocycles. The molecule has 0 heterocycles. The highest BCUT2D eigenvalue weighted by molar-refractivity contribution is 5.51. The van der Waals surface area contributed by atoms with Crippen LogP contribution in [0.25, 0.3) is 6.08 Å². The molecule has 0 fully saturated rings. The topological polar surface area (TPSA) is 18.5 Å². The fourth-order valence-electron chi connectivity index (χ4n) is 1.93. The quantitative estimate of drug-likeness (QED) is 0.475. The molecule has 0 bridgehead atoms. The fourth-order valence-corrected chi connectivity index (χ4v) is 1.93. The highest BCUT2D eigenvalue weighted by atomic mass is 16.7. The lowest BCUT2D eigenvalue weighted by Gasteiger charge is -2.11. The Morgan fingerprint density at radius 2 is 2.06 bits per heavy atom. The summed E-state index contributed by atoms with van der Waals surface area (Å²) in [4.78, 5) is 0. The molecule has 0 aliphatic heterocycles. The van der Waals surface area contributed by atoms with Gasteiger partial charge in [0.15, 0.2) is 6.79 Å². The largest absolute Gasteiger partial charge is 0.467 e. The number of unbranched alkanes of at least 4 members (excludes halogenated alkanes) is 3. The third-order valence-corrected chi connectivity index (χ3v) is 2.95. The lowest BCUT2D eigenvalue weighted by molar-refractivity contribution is 0.0504. The zero-order valence-electron chi connectivity index (χ0n) is 11.6. The van der Waals surface area contributed by atoms with E-state index in [2.05, 4.69) is 19.6 Å². The van der Waals surface area contributed by atoms with Crippen LogP contribution in [0.1, 0.15) is 43.7 Å². The van der Waals surface area contributed by atoms with Gasteiger partial charge < -0.3 is 9.47 Å². The Kier molecular flexibility index (Phi) is 7.19. The van der Waals surface area contributed by atoms with Gasteiger partial charge in [-0.15, -0.1) is 0 Å². The lowest BCUT2D eigenvalue weighted by Crippen LogP contribution is -2.02. The molecule has 0 atom stereocenters. The van der Waals surface area contributed by atoms with Crippen molar-refractivity contribution < 1.29 is 9.47 Å². The number of ether oxygens (including phenoxy) is 2.